The van der Waals surface area contributed by atoms with Crippen LogP contribution in [0.2, 0.25) is 0 Å². The number of ether oxygens (including phenoxy) is 2. The van der Waals surface area contributed by atoms with E-state index in [4.69, 9.17) is 9.47 Å². The van der Waals surface area contributed by atoms with Crippen molar-refractivity contribution in [1.82, 2.24) is 10.2 Å². The van der Waals surface area contributed by atoms with Gasteiger partial charge in [0.1, 0.15) is 0 Å². The Kier molecular flexibility index (Phi) is 6.51. The summed E-state index contributed by atoms with van der Waals surface area (Å²) < 4.78 is 11.7. The Balaban J connectivity index is 0.00000241. The zero-order chi connectivity index (χ0) is 22.4. The molecule has 1 N–H and O–H groups in total. The van der Waals surface area contributed by atoms with Gasteiger partial charge in [0.05, 0.1) is 19.6 Å². The SMILES string of the molecule is COc1cccc2c1OCC[C@]21CNC[C@H]1C(=O)N1CC[C@@H](c2ccccc2)C[C@H]1C1CC1.[Cl-]. The Morgan fingerprint density at radius 3 is 2.71 bits per heavy atom. The van der Waals surface area contributed by atoms with Crippen molar-refractivity contribution < 1.29 is 26.7 Å². The van der Waals surface area contributed by atoms with Gasteiger partial charge < -0.3 is 32.1 Å². The van der Waals surface area contributed by atoms with Crippen molar-refractivity contribution >= 4 is 5.91 Å². The van der Waals surface area contributed by atoms with Gasteiger partial charge in [-0.2, -0.15) is 0 Å². The van der Waals surface area contributed by atoms with Crippen LogP contribution in [0.5, 0.6) is 11.5 Å². The number of nitrogens with one attached hydrogen (secondary N) is 1. The molecule has 182 valence electrons. The number of halogens is 1. The predicted molar refractivity (Wildman–Crippen MR) is 128 cm³/mol. The zero-order valence-corrected chi connectivity index (χ0v) is 20.6. The van der Waals surface area contributed by atoms with Gasteiger partial charge in [0.15, 0.2) is 11.5 Å². The lowest BCUT2D eigenvalue weighted by atomic mass is 9.68. The van der Waals surface area contributed by atoms with E-state index in [1.54, 1.807) is 7.11 Å². The molecule has 34 heavy (non-hydrogen) atoms. The van der Waals surface area contributed by atoms with Crippen LogP contribution in [-0.2, 0) is 10.2 Å². The topological polar surface area (TPSA) is 50.8 Å². The number of piperidine rings is 1. The van der Waals surface area contributed by atoms with Crippen LogP contribution in [0.1, 0.15) is 49.1 Å². The van der Waals surface area contributed by atoms with Gasteiger partial charge in [-0.05, 0) is 55.6 Å². The number of hydrogen-bond acceptors (Lipinski definition) is 4. The quantitative estimate of drug-likeness (QED) is 0.711. The smallest absolute Gasteiger partial charge is 0.228 e. The first-order valence-corrected chi connectivity index (χ1v) is 12.6. The Morgan fingerprint density at radius 1 is 1.12 bits per heavy atom. The predicted octanol–water partition coefficient (Wildman–Crippen LogP) is 1.12. The number of methoxy groups -OCH3 is 1. The van der Waals surface area contributed by atoms with E-state index in [9.17, 15) is 4.79 Å². The molecule has 3 heterocycles. The second kappa shape index (κ2) is 9.43. The van der Waals surface area contributed by atoms with Crippen molar-refractivity contribution in [2.24, 2.45) is 11.8 Å². The molecule has 0 bridgehead atoms. The molecule has 6 rings (SSSR count). The molecule has 1 saturated carbocycles. The first-order valence-electron chi connectivity index (χ1n) is 12.6. The standard InChI is InChI=1S/C28H34N2O3.ClH/c1-32-25-9-5-8-22-26(25)33-15-13-28(22)18-29-17-23(28)27(31)30-14-12-21(16-24(30)20-10-11-20)19-6-3-2-4-7-19;/h2-9,20-21,23-24,29H,10-18H2,1H3;1H/p-1/t21-,23+,24+,28+;/m1./s1. The Labute approximate surface area is 208 Å². The van der Waals surface area contributed by atoms with Crippen LogP contribution in [-0.4, -0.2) is 50.2 Å². The number of para-hydroxylation sites is 1. The zero-order valence-electron chi connectivity index (χ0n) is 19.8. The van der Waals surface area contributed by atoms with Crippen molar-refractivity contribution in [3.05, 3.63) is 59.7 Å². The number of fused-ring (bicyclic) bond motifs is 2. The highest BCUT2D eigenvalue weighted by molar-refractivity contribution is 5.82. The summed E-state index contributed by atoms with van der Waals surface area (Å²) in [5.41, 5.74) is 2.35. The lowest BCUT2D eigenvalue weighted by molar-refractivity contribution is -0.141. The fourth-order valence-electron chi connectivity index (χ4n) is 6.74. The number of benzene rings is 2. The van der Waals surface area contributed by atoms with Gasteiger partial charge in [-0.25, -0.2) is 0 Å². The molecule has 4 aliphatic rings. The maximum atomic E-state index is 14.2. The highest BCUT2D eigenvalue weighted by Crippen LogP contribution is 2.51. The molecule has 1 amide bonds. The lowest BCUT2D eigenvalue weighted by Crippen LogP contribution is -3.00. The summed E-state index contributed by atoms with van der Waals surface area (Å²) in [5, 5.41) is 3.58. The number of carbonyl (C=O) groups excluding carboxylic acids is 1. The molecule has 3 fully saturated rings. The molecule has 6 heteroatoms. The number of likely N-dealkylation sites (tertiary alicyclic amines) is 1. The number of hydrogen-bond donors (Lipinski definition) is 1. The van der Waals surface area contributed by atoms with Gasteiger partial charge in [-0.15, -0.1) is 0 Å². The molecular weight excluding hydrogens is 448 g/mol. The molecule has 0 radical (unpaired) electrons. The first kappa shape index (κ1) is 23.5. The van der Waals surface area contributed by atoms with Crippen molar-refractivity contribution in [2.75, 3.05) is 33.4 Å². The average molecular weight is 482 g/mol. The summed E-state index contributed by atoms with van der Waals surface area (Å²) >= 11 is 0. The normalized spacial score (nSPS) is 30.3. The fourth-order valence-corrected chi connectivity index (χ4v) is 6.74. The average Bonchev–Trinajstić information content (AvgIpc) is 3.64. The largest absolute Gasteiger partial charge is 1.00 e. The number of nitrogens with zero attached hydrogens (tertiary/aromatic N) is 1. The van der Waals surface area contributed by atoms with Gasteiger partial charge in [-0.1, -0.05) is 42.5 Å². The molecule has 0 unspecified atom stereocenters. The third-order valence-electron chi connectivity index (χ3n) is 8.65. The molecule has 5 nitrogen and oxygen atoms in total. The van der Waals surface area contributed by atoms with Crippen molar-refractivity contribution in [2.45, 2.75) is 49.5 Å². The van der Waals surface area contributed by atoms with Crippen molar-refractivity contribution in [3.8, 4) is 11.5 Å². The molecular formula is C28H34ClN2O3-. The van der Waals surface area contributed by atoms with E-state index in [-0.39, 0.29) is 23.7 Å². The molecule has 2 aromatic carbocycles. The second-order valence-electron chi connectivity index (χ2n) is 10.3. The highest BCUT2D eigenvalue weighted by Gasteiger charge is 2.54. The monoisotopic (exact) mass is 481 g/mol. The summed E-state index contributed by atoms with van der Waals surface area (Å²) in [6.07, 6.45) is 5.54. The fraction of sp³-hybridized carbons (Fsp3) is 0.536. The minimum atomic E-state index is -0.219. The minimum absolute atomic E-state index is 0. The van der Waals surface area contributed by atoms with Gasteiger partial charge in [-0.3, -0.25) is 4.79 Å². The summed E-state index contributed by atoms with van der Waals surface area (Å²) in [5.74, 6) is 3.12. The van der Waals surface area contributed by atoms with Crippen LogP contribution in [0.15, 0.2) is 48.5 Å². The van der Waals surface area contributed by atoms with E-state index in [1.165, 1.54) is 18.4 Å². The van der Waals surface area contributed by atoms with Gasteiger partial charge in [0.2, 0.25) is 5.91 Å². The number of rotatable bonds is 4. The Hall–Kier alpha value is -2.24. The molecule has 2 aromatic rings. The number of amides is 1. The van der Waals surface area contributed by atoms with Crippen molar-refractivity contribution in [1.29, 1.82) is 0 Å². The lowest BCUT2D eigenvalue weighted by Gasteiger charge is -2.45. The van der Waals surface area contributed by atoms with E-state index in [0.717, 1.165) is 56.0 Å². The summed E-state index contributed by atoms with van der Waals surface area (Å²) in [7, 11) is 1.69. The maximum Gasteiger partial charge on any atom is 0.228 e. The molecule has 0 aromatic heterocycles. The second-order valence-corrected chi connectivity index (χ2v) is 10.3. The van der Waals surface area contributed by atoms with E-state index in [1.807, 2.05) is 12.1 Å². The third-order valence-corrected chi connectivity index (χ3v) is 8.65. The van der Waals surface area contributed by atoms with E-state index >= 15 is 0 Å². The van der Waals surface area contributed by atoms with Crippen LogP contribution in [0.3, 0.4) is 0 Å². The van der Waals surface area contributed by atoms with Crippen LogP contribution >= 0.6 is 0 Å². The van der Waals surface area contributed by atoms with Crippen LogP contribution in [0.25, 0.3) is 0 Å². The first-order chi connectivity index (χ1) is 16.2. The highest BCUT2D eigenvalue weighted by atomic mass is 35.5. The van der Waals surface area contributed by atoms with Gasteiger partial charge >= 0.3 is 0 Å². The minimum Gasteiger partial charge on any atom is -1.00 e. The Bertz CT molecular complexity index is 1030. The third kappa shape index (κ3) is 3.87. The van der Waals surface area contributed by atoms with E-state index in [2.05, 4.69) is 46.6 Å². The molecule has 1 aliphatic carbocycles. The van der Waals surface area contributed by atoms with E-state index < -0.39 is 0 Å². The van der Waals surface area contributed by atoms with Gasteiger partial charge in [0.25, 0.3) is 0 Å². The number of carbonyl (C=O) groups is 1. The maximum absolute atomic E-state index is 14.2. The van der Waals surface area contributed by atoms with Crippen molar-refractivity contribution in [3.63, 3.8) is 0 Å². The summed E-state index contributed by atoms with van der Waals surface area (Å²) in [4.78, 5) is 16.5. The summed E-state index contributed by atoms with van der Waals surface area (Å²) in [6, 6.07) is 17.4. The molecule has 4 atom stereocenters. The molecule has 3 aliphatic heterocycles. The molecule has 1 spiro atoms. The Morgan fingerprint density at radius 2 is 1.94 bits per heavy atom. The molecule has 2 saturated heterocycles. The van der Waals surface area contributed by atoms with Crippen LogP contribution in [0, 0.1) is 11.8 Å². The summed E-state index contributed by atoms with van der Waals surface area (Å²) in [6.45, 7) is 3.06. The van der Waals surface area contributed by atoms with Gasteiger partial charge in [0, 0.05) is 36.7 Å². The van der Waals surface area contributed by atoms with Crippen LogP contribution < -0.4 is 27.2 Å². The van der Waals surface area contributed by atoms with Crippen LogP contribution in [0.4, 0.5) is 0 Å². The van der Waals surface area contributed by atoms with E-state index in [0.29, 0.717) is 30.4 Å².